The van der Waals surface area contributed by atoms with Gasteiger partial charge in [0.05, 0.1) is 24.3 Å². The molecule has 0 spiro atoms. The average Bonchev–Trinajstić information content (AvgIpc) is 2.74. The van der Waals surface area contributed by atoms with Gasteiger partial charge in [-0.15, -0.1) is 0 Å². The van der Waals surface area contributed by atoms with Crippen molar-refractivity contribution in [1.82, 2.24) is 9.55 Å². The van der Waals surface area contributed by atoms with Crippen LogP contribution in [-0.4, -0.2) is 35.2 Å². The Bertz CT molecular complexity index is 1220. The first kappa shape index (κ1) is 21.2. The van der Waals surface area contributed by atoms with Crippen molar-refractivity contribution < 1.29 is 23.5 Å². The summed E-state index contributed by atoms with van der Waals surface area (Å²) in [6.45, 7) is 1.61. The van der Waals surface area contributed by atoms with E-state index >= 15 is 0 Å². The van der Waals surface area contributed by atoms with E-state index in [1.54, 1.807) is 25.3 Å². The third-order valence-electron chi connectivity index (χ3n) is 4.18. The number of carbonyl (C=O) groups is 2. The lowest BCUT2D eigenvalue weighted by Crippen LogP contribution is -2.22. The van der Waals surface area contributed by atoms with Crippen LogP contribution in [-0.2, 0) is 14.3 Å². The zero-order valence-electron chi connectivity index (χ0n) is 16.0. The predicted octanol–water partition coefficient (Wildman–Crippen LogP) is 3.54. The summed E-state index contributed by atoms with van der Waals surface area (Å²) in [6, 6.07) is 5.47. The normalized spacial score (nSPS) is 11.4. The minimum Gasteiger partial charge on any atom is -0.464 e. The number of benzene rings is 1. The maximum Gasteiger partial charge on any atom is 0.355 e. The number of aromatic nitrogens is 2. The number of hydrogen-bond acceptors (Lipinski definition) is 6. The molecule has 1 aromatic carbocycles. The molecule has 2 heterocycles. The van der Waals surface area contributed by atoms with Gasteiger partial charge in [0.2, 0.25) is 5.43 Å². The second kappa shape index (κ2) is 8.87. The summed E-state index contributed by atoms with van der Waals surface area (Å²) >= 11 is 5.91. The molecule has 0 radical (unpaired) electrons. The van der Waals surface area contributed by atoms with Crippen LogP contribution in [0.5, 0.6) is 0 Å². The second-order valence-electron chi connectivity index (χ2n) is 6.05. The van der Waals surface area contributed by atoms with Crippen LogP contribution in [0.1, 0.15) is 22.8 Å². The molecule has 0 saturated heterocycles. The van der Waals surface area contributed by atoms with E-state index in [4.69, 9.17) is 21.1 Å². The minimum absolute atomic E-state index is 0.0284. The molecule has 0 amide bonds. The van der Waals surface area contributed by atoms with Gasteiger partial charge in [-0.2, -0.15) is 0 Å². The number of methoxy groups -OCH3 is 1. The smallest absolute Gasteiger partial charge is 0.355 e. The van der Waals surface area contributed by atoms with Crippen molar-refractivity contribution in [2.75, 3.05) is 13.7 Å². The lowest BCUT2D eigenvalue weighted by atomic mass is 10.1. The van der Waals surface area contributed by atoms with Crippen LogP contribution in [0.15, 0.2) is 47.7 Å². The lowest BCUT2D eigenvalue weighted by Gasteiger charge is -2.15. The summed E-state index contributed by atoms with van der Waals surface area (Å²) in [6.07, 6.45) is 5.67. The van der Waals surface area contributed by atoms with E-state index in [1.165, 1.54) is 30.0 Å². The average molecular weight is 431 g/mol. The Morgan fingerprint density at radius 1 is 1.33 bits per heavy atom. The summed E-state index contributed by atoms with van der Waals surface area (Å²) in [7, 11) is 1.18. The number of hydrogen-bond donors (Lipinski definition) is 0. The van der Waals surface area contributed by atoms with Crippen molar-refractivity contribution in [1.29, 1.82) is 0 Å². The zero-order valence-corrected chi connectivity index (χ0v) is 16.8. The van der Waals surface area contributed by atoms with Gasteiger partial charge in [-0.3, -0.25) is 9.78 Å². The van der Waals surface area contributed by atoms with Crippen molar-refractivity contribution >= 4 is 46.2 Å². The molecule has 0 unspecified atom stereocenters. The van der Waals surface area contributed by atoms with Gasteiger partial charge >= 0.3 is 11.9 Å². The molecule has 0 fully saturated rings. The number of ether oxygens (including phenoxy) is 2. The van der Waals surface area contributed by atoms with E-state index in [0.29, 0.717) is 5.56 Å². The number of nitrogens with zero attached hydrogens (tertiary/aromatic N) is 2. The second-order valence-corrected chi connectivity index (χ2v) is 6.46. The maximum absolute atomic E-state index is 14.1. The van der Waals surface area contributed by atoms with Gasteiger partial charge in [0.15, 0.2) is 0 Å². The summed E-state index contributed by atoms with van der Waals surface area (Å²) in [5, 5.41) is -0.409. The largest absolute Gasteiger partial charge is 0.464 e. The van der Waals surface area contributed by atoms with Gasteiger partial charge in [-0.05, 0) is 36.8 Å². The topological polar surface area (TPSA) is 87.5 Å². The first-order chi connectivity index (χ1) is 14.4. The molecule has 0 atom stereocenters. The first-order valence-corrected chi connectivity index (χ1v) is 9.17. The SMILES string of the molecule is CCOC(=O)c1cn(/C(=C\c2cccnc2)C(=O)OC)c2cc(Cl)c(F)cc2c1=O. The highest BCUT2D eigenvalue weighted by atomic mass is 35.5. The molecular formula is C21H16ClFN2O5. The van der Waals surface area contributed by atoms with Crippen LogP contribution in [0.4, 0.5) is 4.39 Å². The fourth-order valence-electron chi connectivity index (χ4n) is 2.82. The van der Waals surface area contributed by atoms with Gasteiger partial charge < -0.3 is 14.0 Å². The molecule has 3 aromatic rings. The van der Waals surface area contributed by atoms with E-state index in [0.717, 1.165) is 12.3 Å². The van der Waals surface area contributed by atoms with Crippen LogP contribution < -0.4 is 5.43 Å². The molecule has 0 bridgehead atoms. The molecule has 0 aliphatic carbocycles. The number of rotatable bonds is 5. The van der Waals surface area contributed by atoms with Gasteiger partial charge in [-0.1, -0.05) is 17.7 Å². The van der Waals surface area contributed by atoms with Gasteiger partial charge in [0.1, 0.15) is 17.1 Å². The Morgan fingerprint density at radius 2 is 2.10 bits per heavy atom. The highest BCUT2D eigenvalue weighted by Crippen LogP contribution is 2.25. The van der Waals surface area contributed by atoms with Crippen LogP contribution in [0.2, 0.25) is 5.02 Å². The fourth-order valence-corrected chi connectivity index (χ4v) is 2.98. The summed E-state index contributed by atoms with van der Waals surface area (Å²) < 4.78 is 25.2. The molecule has 0 aliphatic rings. The van der Waals surface area contributed by atoms with E-state index in [9.17, 15) is 18.8 Å². The maximum atomic E-state index is 14.1. The van der Waals surface area contributed by atoms with Crippen molar-refractivity contribution in [2.24, 2.45) is 0 Å². The number of fused-ring (bicyclic) bond motifs is 1. The van der Waals surface area contributed by atoms with Crippen molar-refractivity contribution in [3.8, 4) is 0 Å². The molecule has 0 N–H and O–H groups in total. The molecular weight excluding hydrogens is 415 g/mol. The fraction of sp³-hybridized carbons (Fsp3) is 0.143. The molecule has 0 saturated carbocycles. The first-order valence-electron chi connectivity index (χ1n) is 8.79. The summed E-state index contributed by atoms with van der Waals surface area (Å²) in [4.78, 5) is 41.7. The Morgan fingerprint density at radius 3 is 2.73 bits per heavy atom. The Labute approximate surface area is 175 Å². The number of esters is 2. The van der Waals surface area contributed by atoms with Crippen LogP contribution in [0.3, 0.4) is 0 Å². The third kappa shape index (κ3) is 4.08. The molecule has 7 nitrogen and oxygen atoms in total. The Hall–Kier alpha value is -3.52. The highest BCUT2D eigenvalue weighted by Gasteiger charge is 2.22. The minimum atomic E-state index is -0.904. The number of carbonyl (C=O) groups excluding carboxylic acids is 2. The van der Waals surface area contributed by atoms with Crippen molar-refractivity contribution in [3.05, 3.63) is 75.0 Å². The monoisotopic (exact) mass is 430 g/mol. The quantitative estimate of drug-likeness (QED) is 0.454. The van der Waals surface area contributed by atoms with E-state index in [-0.39, 0.29) is 33.8 Å². The molecule has 0 aliphatic heterocycles. The van der Waals surface area contributed by atoms with Gasteiger partial charge in [0.25, 0.3) is 0 Å². The van der Waals surface area contributed by atoms with Crippen molar-refractivity contribution in [3.63, 3.8) is 0 Å². The van der Waals surface area contributed by atoms with Crippen LogP contribution in [0, 0.1) is 5.82 Å². The lowest BCUT2D eigenvalue weighted by molar-refractivity contribution is -0.134. The Kier molecular flexibility index (Phi) is 6.27. The Balaban J connectivity index is 2.41. The zero-order chi connectivity index (χ0) is 21.8. The molecule has 2 aromatic heterocycles. The molecule has 30 heavy (non-hydrogen) atoms. The van der Waals surface area contributed by atoms with Crippen LogP contribution in [0.25, 0.3) is 22.7 Å². The summed E-state index contributed by atoms with van der Waals surface area (Å²) in [5.74, 6) is -2.51. The summed E-state index contributed by atoms with van der Waals surface area (Å²) in [5.41, 5.74) is -0.507. The standard InChI is InChI=1S/C21H16ClFN2O5/c1-3-30-20(27)14-11-25(17-9-15(22)16(23)8-13(17)19(14)26)18(21(28)29-2)7-12-5-4-6-24-10-12/h4-11H,3H2,1-2H3/b18-7-. The van der Waals surface area contributed by atoms with Gasteiger partial charge in [-0.25, -0.2) is 14.0 Å². The van der Waals surface area contributed by atoms with E-state index in [2.05, 4.69) is 4.98 Å². The van der Waals surface area contributed by atoms with E-state index in [1.807, 2.05) is 0 Å². The molecule has 3 rings (SSSR count). The molecule has 9 heteroatoms. The van der Waals surface area contributed by atoms with Gasteiger partial charge in [0, 0.05) is 24.0 Å². The van der Waals surface area contributed by atoms with E-state index < -0.39 is 23.2 Å². The van der Waals surface area contributed by atoms with Crippen molar-refractivity contribution in [2.45, 2.75) is 6.92 Å². The number of pyridine rings is 2. The highest BCUT2D eigenvalue weighted by molar-refractivity contribution is 6.31. The van der Waals surface area contributed by atoms with Crippen LogP contribution >= 0.6 is 11.6 Å². The predicted molar refractivity (Wildman–Crippen MR) is 110 cm³/mol. The molecule has 154 valence electrons. The third-order valence-corrected chi connectivity index (χ3v) is 4.47. The number of halogens is 2.